The van der Waals surface area contributed by atoms with Crippen molar-refractivity contribution in [3.63, 3.8) is 0 Å². The van der Waals surface area contributed by atoms with Gasteiger partial charge in [-0.1, -0.05) is 0 Å². The second-order valence-electron chi connectivity index (χ2n) is 3.63. The van der Waals surface area contributed by atoms with Gasteiger partial charge in [0.05, 0.1) is 17.9 Å². The summed E-state index contributed by atoms with van der Waals surface area (Å²) in [6, 6.07) is 4.01. The van der Waals surface area contributed by atoms with E-state index in [0.717, 1.165) is 23.8 Å². The van der Waals surface area contributed by atoms with Crippen molar-refractivity contribution in [2.45, 2.75) is 13.5 Å². The average molecular weight is 242 g/mol. The van der Waals surface area contributed by atoms with Gasteiger partial charge in [0.25, 0.3) is 0 Å². The first kappa shape index (κ1) is 12.6. The Morgan fingerprint density at radius 1 is 1.31 bits per heavy atom. The zero-order chi connectivity index (χ0) is 10.8. The molecule has 0 amide bonds. The molecule has 1 N–H and O–H groups in total. The van der Waals surface area contributed by atoms with Crippen LogP contribution in [0.2, 0.25) is 0 Å². The first-order chi connectivity index (χ1) is 7.15. The van der Waals surface area contributed by atoms with Crippen molar-refractivity contribution in [2.24, 2.45) is 14.1 Å². The molecular weight excluding hydrogens is 226 g/mol. The minimum absolute atomic E-state index is 0. The summed E-state index contributed by atoms with van der Waals surface area (Å²) in [5, 5.41) is 11.8. The van der Waals surface area contributed by atoms with Crippen LogP contribution in [0.4, 0.5) is 5.82 Å². The van der Waals surface area contributed by atoms with Gasteiger partial charge < -0.3 is 5.32 Å². The molecule has 0 unspecified atom stereocenters. The van der Waals surface area contributed by atoms with Gasteiger partial charge in [-0.3, -0.25) is 9.36 Å². The lowest BCUT2D eigenvalue weighted by Crippen LogP contribution is -2.06. The Morgan fingerprint density at radius 2 is 2.06 bits per heavy atom. The monoisotopic (exact) mass is 241 g/mol. The Labute approximate surface area is 101 Å². The van der Waals surface area contributed by atoms with Crippen molar-refractivity contribution in [3.05, 3.63) is 29.7 Å². The number of aryl methyl sites for hydroxylation is 3. The summed E-state index contributed by atoms with van der Waals surface area (Å²) in [7, 11) is 3.85. The minimum atomic E-state index is 0. The van der Waals surface area contributed by atoms with Crippen molar-refractivity contribution in [2.75, 3.05) is 5.32 Å². The number of halogens is 1. The fraction of sp³-hybridized carbons (Fsp3) is 0.400. The van der Waals surface area contributed by atoms with Crippen LogP contribution in [0, 0.1) is 6.92 Å². The molecule has 0 aliphatic carbocycles. The minimum Gasteiger partial charge on any atom is -0.363 e. The van der Waals surface area contributed by atoms with Crippen LogP contribution in [0.5, 0.6) is 0 Å². The van der Waals surface area contributed by atoms with Crippen LogP contribution in [0.25, 0.3) is 0 Å². The predicted molar refractivity (Wildman–Crippen MR) is 65.7 cm³/mol. The van der Waals surface area contributed by atoms with E-state index in [1.807, 2.05) is 38.0 Å². The van der Waals surface area contributed by atoms with Gasteiger partial charge >= 0.3 is 0 Å². The van der Waals surface area contributed by atoms with Crippen LogP contribution in [0.1, 0.15) is 11.4 Å². The molecule has 0 spiro atoms. The van der Waals surface area contributed by atoms with E-state index < -0.39 is 0 Å². The molecule has 88 valence electrons. The van der Waals surface area contributed by atoms with Crippen molar-refractivity contribution in [1.29, 1.82) is 0 Å². The second-order valence-corrected chi connectivity index (χ2v) is 3.63. The summed E-state index contributed by atoms with van der Waals surface area (Å²) < 4.78 is 3.65. The molecule has 0 aromatic carbocycles. The summed E-state index contributed by atoms with van der Waals surface area (Å²) in [5.74, 6) is 0.886. The fourth-order valence-corrected chi connectivity index (χ4v) is 1.52. The molecule has 0 aliphatic heterocycles. The standard InChI is InChI=1S/C10H15N5.ClH/c1-8-6-9(15(3)12-8)7-11-10-4-5-14(2)13-10;/h4-6H,7H2,1-3H3,(H,11,13);1H. The highest BCUT2D eigenvalue weighted by molar-refractivity contribution is 5.85. The number of nitrogens with one attached hydrogen (secondary N) is 1. The maximum Gasteiger partial charge on any atom is 0.148 e. The Bertz CT molecular complexity index is 459. The lowest BCUT2D eigenvalue weighted by atomic mass is 10.3. The van der Waals surface area contributed by atoms with Crippen molar-refractivity contribution < 1.29 is 0 Å². The van der Waals surface area contributed by atoms with Gasteiger partial charge in [0.2, 0.25) is 0 Å². The molecular formula is C10H16ClN5. The maximum atomic E-state index is 4.28. The third-order valence-electron chi connectivity index (χ3n) is 2.26. The highest BCUT2D eigenvalue weighted by Gasteiger charge is 2.02. The number of nitrogens with zero attached hydrogens (tertiary/aromatic N) is 4. The smallest absolute Gasteiger partial charge is 0.148 e. The van der Waals surface area contributed by atoms with E-state index >= 15 is 0 Å². The van der Waals surface area contributed by atoms with Crippen molar-refractivity contribution in [3.8, 4) is 0 Å². The van der Waals surface area contributed by atoms with Crippen molar-refractivity contribution >= 4 is 18.2 Å². The molecule has 6 heteroatoms. The highest BCUT2D eigenvalue weighted by atomic mass is 35.5. The highest BCUT2D eigenvalue weighted by Crippen LogP contribution is 2.06. The van der Waals surface area contributed by atoms with E-state index in [1.54, 1.807) is 4.68 Å². The van der Waals surface area contributed by atoms with Crippen LogP contribution < -0.4 is 5.32 Å². The number of aromatic nitrogens is 4. The zero-order valence-electron chi connectivity index (χ0n) is 9.64. The molecule has 2 rings (SSSR count). The van der Waals surface area contributed by atoms with E-state index in [-0.39, 0.29) is 12.4 Å². The number of hydrogen-bond acceptors (Lipinski definition) is 3. The Hall–Kier alpha value is -1.49. The van der Waals surface area contributed by atoms with Gasteiger partial charge in [-0.2, -0.15) is 10.2 Å². The topological polar surface area (TPSA) is 47.7 Å². The van der Waals surface area contributed by atoms with Crippen LogP contribution in [0.3, 0.4) is 0 Å². The third kappa shape index (κ3) is 2.76. The summed E-state index contributed by atoms with van der Waals surface area (Å²) >= 11 is 0. The third-order valence-corrected chi connectivity index (χ3v) is 2.26. The first-order valence-electron chi connectivity index (χ1n) is 4.88. The molecule has 0 atom stereocenters. The SMILES string of the molecule is Cc1cc(CNc2ccn(C)n2)n(C)n1.Cl. The first-order valence-corrected chi connectivity index (χ1v) is 4.88. The molecule has 0 saturated carbocycles. The molecule has 2 heterocycles. The Morgan fingerprint density at radius 3 is 2.56 bits per heavy atom. The quantitative estimate of drug-likeness (QED) is 0.886. The molecule has 2 aromatic heterocycles. The second kappa shape index (κ2) is 5.03. The number of hydrogen-bond donors (Lipinski definition) is 1. The van der Waals surface area contributed by atoms with Crippen LogP contribution >= 0.6 is 12.4 Å². The van der Waals surface area contributed by atoms with Gasteiger partial charge in [-0.25, -0.2) is 0 Å². The van der Waals surface area contributed by atoms with E-state index in [0.29, 0.717) is 0 Å². The van der Waals surface area contributed by atoms with Crippen molar-refractivity contribution in [1.82, 2.24) is 19.6 Å². The number of rotatable bonds is 3. The summed E-state index contributed by atoms with van der Waals surface area (Å²) in [4.78, 5) is 0. The van der Waals surface area contributed by atoms with E-state index in [4.69, 9.17) is 0 Å². The zero-order valence-corrected chi connectivity index (χ0v) is 10.5. The molecule has 0 fully saturated rings. The normalized spacial score (nSPS) is 9.94. The van der Waals surface area contributed by atoms with E-state index in [9.17, 15) is 0 Å². The Kier molecular flexibility index (Phi) is 3.95. The van der Waals surface area contributed by atoms with E-state index in [1.165, 1.54) is 0 Å². The van der Waals surface area contributed by atoms with Crippen LogP contribution in [-0.4, -0.2) is 19.6 Å². The van der Waals surface area contributed by atoms with Crippen LogP contribution in [0.15, 0.2) is 18.3 Å². The van der Waals surface area contributed by atoms with Gasteiger partial charge in [0.15, 0.2) is 0 Å². The largest absolute Gasteiger partial charge is 0.363 e. The summed E-state index contributed by atoms with van der Waals surface area (Å²) in [6.45, 7) is 2.73. The fourth-order valence-electron chi connectivity index (χ4n) is 1.52. The molecule has 0 bridgehead atoms. The molecule has 5 nitrogen and oxygen atoms in total. The van der Waals surface area contributed by atoms with Gasteiger partial charge in [0, 0.05) is 26.4 Å². The van der Waals surface area contributed by atoms with E-state index in [2.05, 4.69) is 21.6 Å². The molecule has 16 heavy (non-hydrogen) atoms. The lowest BCUT2D eigenvalue weighted by molar-refractivity contribution is 0.710. The van der Waals surface area contributed by atoms with Gasteiger partial charge in [-0.15, -0.1) is 12.4 Å². The lowest BCUT2D eigenvalue weighted by Gasteiger charge is -2.02. The molecule has 0 radical (unpaired) electrons. The Balaban J connectivity index is 0.00000128. The maximum absolute atomic E-state index is 4.28. The van der Waals surface area contributed by atoms with Gasteiger partial charge in [-0.05, 0) is 13.0 Å². The average Bonchev–Trinajstić information content (AvgIpc) is 2.70. The van der Waals surface area contributed by atoms with Crippen LogP contribution in [-0.2, 0) is 20.6 Å². The molecule has 2 aromatic rings. The molecule has 0 saturated heterocycles. The number of anilines is 1. The summed E-state index contributed by atoms with van der Waals surface area (Å²) in [5.41, 5.74) is 2.19. The predicted octanol–water partition coefficient (Wildman–Crippen LogP) is 1.50. The van der Waals surface area contributed by atoms with Gasteiger partial charge in [0.1, 0.15) is 5.82 Å². The summed E-state index contributed by atoms with van der Waals surface area (Å²) in [6.07, 6.45) is 1.91. The molecule has 0 aliphatic rings.